The fourth-order valence-electron chi connectivity index (χ4n) is 1.20. The molecule has 0 aromatic heterocycles. The average molecular weight is 266 g/mol. The maximum atomic E-state index is 11.2. The average Bonchev–Trinajstić information content (AvgIpc) is 2.27. The SMILES string of the molecule is COC(=O)[C@H](N)c1cc(Cl)ccc1OC.Cl. The van der Waals surface area contributed by atoms with E-state index in [-0.39, 0.29) is 12.4 Å². The zero-order chi connectivity index (χ0) is 11.4. The second-order valence-electron chi connectivity index (χ2n) is 2.89. The first-order valence-corrected chi connectivity index (χ1v) is 4.64. The number of carbonyl (C=O) groups is 1. The third-order valence-electron chi connectivity index (χ3n) is 1.98. The lowest BCUT2D eigenvalue weighted by Crippen LogP contribution is -2.23. The largest absolute Gasteiger partial charge is 0.496 e. The van der Waals surface area contributed by atoms with Crippen LogP contribution < -0.4 is 10.5 Å². The third-order valence-corrected chi connectivity index (χ3v) is 2.22. The van der Waals surface area contributed by atoms with Crippen LogP contribution in [0.3, 0.4) is 0 Å². The van der Waals surface area contributed by atoms with E-state index in [9.17, 15) is 4.79 Å². The molecule has 1 aromatic rings. The Hall–Kier alpha value is -0.970. The Morgan fingerprint density at radius 3 is 2.56 bits per heavy atom. The van der Waals surface area contributed by atoms with Gasteiger partial charge in [0.25, 0.3) is 0 Å². The number of halogens is 2. The van der Waals surface area contributed by atoms with Crippen molar-refractivity contribution in [2.75, 3.05) is 14.2 Å². The molecule has 2 N–H and O–H groups in total. The molecule has 0 saturated carbocycles. The number of carbonyl (C=O) groups excluding carboxylic acids is 1. The Balaban J connectivity index is 0.00000225. The van der Waals surface area contributed by atoms with Gasteiger partial charge in [-0.3, -0.25) is 4.79 Å². The number of rotatable bonds is 3. The zero-order valence-electron chi connectivity index (χ0n) is 8.90. The van der Waals surface area contributed by atoms with E-state index in [2.05, 4.69) is 4.74 Å². The normalized spacial score (nSPS) is 11.2. The van der Waals surface area contributed by atoms with Crippen molar-refractivity contribution >= 4 is 30.0 Å². The molecule has 16 heavy (non-hydrogen) atoms. The van der Waals surface area contributed by atoms with Crippen molar-refractivity contribution < 1.29 is 14.3 Å². The maximum Gasteiger partial charge on any atom is 0.327 e. The smallest absolute Gasteiger partial charge is 0.327 e. The quantitative estimate of drug-likeness (QED) is 0.849. The van der Waals surface area contributed by atoms with Crippen molar-refractivity contribution in [2.45, 2.75) is 6.04 Å². The first-order valence-electron chi connectivity index (χ1n) is 4.27. The molecule has 0 bridgehead atoms. The highest BCUT2D eigenvalue weighted by molar-refractivity contribution is 6.30. The molecule has 4 nitrogen and oxygen atoms in total. The Labute approximate surface area is 105 Å². The van der Waals surface area contributed by atoms with E-state index in [1.54, 1.807) is 18.2 Å². The number of ether oxygens (including phenoxy) is 2. The van der Waals surface area contributed by atoms with Crippen LogP contribution in [0.4, 0.5) is 0 Å². The summed E-state index contributed by atoms with van der Waals surface area (Å²) < 4.78 is 9.61. The predicted molar refractivity (Wildman–Crippen MR) is 64.2 cm³/mol. The molecule has 0 aliphatic carbocycles. The Morgan fingerprint density at radius 1 is 1.44 bits per heavy atom. The highest BCUT2D eigenvalue weighted by Gasteiger charge is 2.20. The van der Waals surface area contributed by atoms with Crippen molar-refractivity contribution in [1.29, 1.82) is 0 Å². The van der Waals surface area contributed by atoms with Crippen LogP contribution in [0, 0.1) is 0 Å². The van der Waals surface area contributed by atoms with Gasteiger partial charge in [-0.05, 0) is 18.2 Å². The van der Waals surface area contributed by atoms with Gasteiger partial charge in [0.05, 0.1) is 14.2 Å². The molecule has 1 atom stereocenters. The number of nitrogens with two attached hydrogens (primary N) is 1. The van der Waals surface area contributed by atoms with E-state index >= 15 is 0 Å². The fourth-order valence-corrected chi connectivity index (χ4v) is 1.38. The van der Waals surface area contributed by atoms with Crippen molar-refractivity contribution in [1.82, 2.24) is 0 Å². The van der Waals surface area contributed by atoms with Gasteiger partial charge in [-0.1, -0.05) is 11.6 Å². The second kappa shape index (κ2) is 6.58. The Morgan fingerprint density at radius 2 is 2.06 bits per heavy atom. The molecule has 0 spiro atoms. The molecule has 0 aliphatic heterocycles. The molecule has 0 saturated heterocycles. The molecular weight excluding hydrogens is 253 g/mol. The predicted octanol–water partition coefficient (Wildman–Crippen LogP) is 1.94. The summed E-state index contributed by atoms with van der Waals surface area (Å²) in [5.41, 5.74) is 6.19. The minimum absolute atomic E-state index is 0. The van der Waals surface area contributed by atoms with Gasteiger partial charge in [-0.25, -0.2) is 0 Å². The zero-order valence-corrected chi connectivity index (χ0v) is 10.5. The summed E-state index contributed by atoms with van der Waals surface area (Å²) in [6.45, 7) is 0. The van der Waals surface area contributed by atoms with E-state index in [4.69, 9.17) is 22.1 Å². The number of esters is 1. The Kier molecular flexibility index (Phi) is 6.18. The number of methoxy groups -OCH3 is 2. The van der Waals surface area contributed by atoms with E-state index in [0.717, 1.165) is 0 Å². The van der Waals surface area contributed by atoms with Gasteiger partial charge in [0.2, 0.25) is 0 Å². The van der Waals surface area contributed by atoms with Gasteiger partial charge in [-0.2, -0.15) is 0 Å². The second-order valence-corrected chi connectivity index (χ2v) is 3.32. The highest BCUT2D eigenvalue weighted by Crippen LogP contribution is 2.27. The third kappa shape index (κ3) is 3.27. The molecule has 0 aliphatic rings. The van der Waals surface area contributed by atoms with Crippen molar-refractivity contribution in [3.8, 4) is 5.75 Å². The van der Waals surface area contributed by atoms with Crippen LogP contribution in [-0.4, -0.2) is 20.2 Å². The standard InChI is InChI=1S/C10H12ClNO3.ClH/c1-14-8-4-3-6(11)5-7(8)9(12)10(13)15-2;/h3-5,9H,12H2,1-2H3;1H/t9-;/m1./s1. The first-order chi connectivity index (χ1) is 7.10. The monoisotopic (exact) mass is 265 g/mol. The highest BCUT2D eigenvalue weighted by atomic mass is 35.5. The molecule has 6 heteroatoms. The van der Waals surface area contributed by atoms with Gasteiger partial charge in [0.15, 0.2) is 0 Å². The van der Waals surface area contributed by atoms with Crippen LogP contribution in [0.1, 0.15) is 11.6 Å². The molecule has 0 amide bonds. The van der Waals surface area contributed by atoms with E-state index in [0.29, 0.717) is 16.3 Å². The molecular formula is C10H13Cl2NO3. The van der Waals surface area contributed by atoms with Gasteiger partial charge in [0.1, 0.15) is 11.8 Å². The van der Waals surface area contributed by atoms with Crippen LogP contribution in [0.2, 0.25) is 5.02 Å². The van der Waals surface area contributed by atoms with E-state index in [1.807, 2.05) is 0 Å². The lowest BCUT2D eigenvalue weighted by molar-refractivity contribution is -0.142. The molecule has 0 radical (unpaired) electrons. The fraction of sp³-hybridized carbons (Fsp3) is 0.300. The van der Waals surface area contributed by atoms with Crippen LogP contribution in [0.15, 0.2) is 18.2 Å². The summed E-state index contributed by atoms with van der Waals surface area (Å²) in [4.78, 5) is 11.2. The van der Waals surface area contributed by atoms with Crippen LogP contribution in [-0.2, 0) is 9.53 Å². The number of hydrogen-bond acceptors (Lipinski definition) is 4. The van der Waals surface area contributed by atoms with Gasteiger partial charge >= 0.3 is 5.97 Å². The molecule has 0 unspecified atom stereocenters. The number of benzene rings is 1. The van der Waals surface area contributed by atoms with Gasteiger partial charge < -0.3 is 15.2 Å². The van der Waals surface area contributed by atoms with Crippen LogP contribution >= 0.6 is 24.0 Å². The summed E-state index contributed by atoms with van der Waals surface area (Å²) in [7, 11) is 2.77. The molecule has 0 fully saturated rings. The van der Waals surface area contributed by atoms with Crippen molar-refractivity contribution in [3.63, 3.8) is 0 Å². The first kappa shape index (κ1) is 15.0. The van der Waals surface area contributed by atoms with Crippen molar-refractivity contribution in [2.24, 2.45) is 5.73 Å². The minimum atomic E-state index is -0.886. The lowest BCUT2D eigenvalue weighted by Gasteiger charge is -2.13. The summed E-state index contributed by atoms with van der Waals surface area (Å²) in [5.74, 6) is -0.0205. The molecule has 1 rings (SSSR count). The Bertz CT molecular complexity index is 371. The summed E-state index contributed by atoms with van der Waals surface area (Å²) in [6, 6.07) is 4.01. The van der Waals surface area contributed by atoms with Gasteiger partial charge in [-0.15, -0.1) is 12.4 Å². The molecule has 90 valence electrons. The summed E-state index contributed by atoms with van der Waals surface area (Å²) >= 11 is 5.80. The summed E-state index contributed by atoms with van der Waals surface area (Å²) in [5, 5.41) is 0.491. The number of hydrogen-bond donors (Lipinski definition) is 1. The topological polar surface area (TPSA) is 61.5 Å². The van der Waals surface area contributed by atoms with Crippen LogP contribution in [0.5, 0.6) is 5.75 Å². The minimum Gasteiger partial charge on any atom is -0.496 e. The molecule has 0 heterocycles. The van der Waals surface area contributed by atoms with Crippen LogP contribution in [0.25, 0.3) is 0 Å². The lowest BCUT2D eigenvalue weighted by atomic mass is 10.1. The van der Waals surface area contributed by atoms with Crippen molar-refractivity contribution in [3.05, 3.63) is 28.8 Å². The van der Waals surface area contributed by atoms with E-state index < -0.39 is 12.0 Å². The maximum absolute atomic E-state index is 11.2. The van der Waals surface area contributed by atoms with Gasteiger partial charge in [0, 0.05) is 10.6 Å². The van der Waals surface area contributed by atoms with E-state index in [1.165, 1.54) is 14.2 Å². The molecule has 1 aromatic carbocycles. The summed E-state index contributed by atoms with van der Waals surface area (Å²) in [6.07, 6.45) is 0.